The minimum atomic E-state index is 0.700. The fourth-order valence-electron chi connectivity index (χ4n) is 2.69. The summed E-state index contributed by atoms with van der Waals surface area (Å²) in [4.78, 5) is 4.72. The van der Waals surface area contributed by atoms with E-state index in [1.54, 1.807) is 17.2 Å². The van der Waals surface area contributed by atoms with Crippen LogP contribution in [-0.4, -0.2) is 52.4 Å². The van der Waals surface area contributed by atoms with Gasteiger partial charge in [-0.25, -0.2) is 0 Å². The zero-order valence-electron chi connectivity index (χ0n) is 12.1. The van der Waals surface area contributed by atoms with E-state index < -0.39 is 0 Å². The van der Waals surface area contributed by atoms with Crippen LogP contribution < -0.4 is 4.90 Å². The summed E-state index contributed by atoms with van der Waals surface area (Å²) in [5.41, 5.74) is 2.63. The lowest BCUT2D eigenvalue weighted by Gasteiger charge is -2.36. The lowest BCUT2D eigenvalue weighted by Crippen LogP contribution is -2.46. The highest BCUT2D eigenvalue weighted by Gasteiger charge is 2.18. The van der Waals surface area contributed by atoms with Crippen LogP contribution in [0.25, 0.3) is 5.69 Å². The van der Waals surface area contributed by atoms with Crippen LogP contribution in [-0.2, 0) is 0 Å². The smallest absolute Gasteiger partial charge is 0.123 e. The highest BCUT2D eigenvalue weighted by Crippen LogP contribution is 2.24. The number of piperazine rings is 1. The third-order valence-corrected chi connectivity index (χ3v) is 3.98. The minimum absolute atomic E-state index is 0.700. The van der Waals surface area contributed by atoms with E-state index in [0.29, 0.717) is 5.56 Å². The van der Waals surface area contributed by atoms with E-state index >= 15 is 0 Å². The molecule has 6 nitrogen and oxygen atoms in total. The molecule has 3 rings (SSSR count). The molecule has 0 saturated carbocycles. The lowest BCUT2D eigenvalue weighted by atomic mass is 10.1. The van der Waals surface area contributed by atoms with Crippen LogP contribution in [0.15, 0.2) is 30.9 Å². The van der Waals surface area contributed by atoms with Crippen LogP contribution in [0.2, 0.25) is 0 Å². The molecule has 1 fully saturated rings. The Kier molecular flexibility index (Phi) is 3.84. The number of hydrogen-bond acceptors (Lipinski definition) is 5. The normalized spacial score (nSPS) is 15.9. The molecule has 108 valence electrons. The largest absolute Gasteiger partial charge is 0.368 e. The molecule has 0 bridgehead atoms. The highest BCUT2D eigenvalue weighted by molar-refractivity contribution is 5.63. The molecule has 2 aromatic rings. The number of nitriles is 1. The molecule has 21 heavy (non-hydrogen) atoms. The number of hydrogen-bond donors (Lipinski definition) is 0. The minimum Gasteiger partial charge on any atom is -0.368 e. The maximum Gasteiger partial charge on any atom is 0.123 e. The summed E-state index contributed by atoms with van der Waals surface area (Å²) in [5.74, 6) is 0. The van der Waals surface area contributed by atoms with Gasteiger partial charge in [0.15, 0.2) is 0 Å². The Morgan fingerprint density at radius 2 is 1.86 bits per heavy atom. The summed E-state index contributed by atoms with van der Waals surface area (Å²) in [5, 5.41) is 17.0. The lowest BCUT2D eigenvalue weighted by molar-refractivity contribution is 0.271. The monoisotopic (exact) mass is 282 g/mol. The molecular weight excluding hydrogens is 264 g/mol. The van der Waals surface area contributed by atoms with Gasteiger partial charge in [-0.1, -0.05) is 6.92 Å². The number of likely N-dealkylation sites (N-methyl/N-ethyl adjacent to an activating group) is 1. The molecular formula is C15H18N6. The summed E-state index contributed by atoms with van der Waals surface area (Å²) in [7, 11) is 0. The first-order chi connectivity index (χ1) is 10.3. The molecule has 0 atom stereocenters. The maximum atomic E-state index is 9.44. The zero-order chi connectivity index (χ0) is 14.7. The van der Waals surface area contributed by atoms with Crippen molar-refractivity contribution < 1.29 is 0 Å². The van der Waals surface area contributed by atoms with Gasteiger partial charge in [0.1, 0.15) is 18.7 Å². The average Bonchev–Trinajstić information content (AvgIpc) is 3.09. The molecule has 0 N–H and O–H groups in total. The topological polar surface area (TPSA) is 61.0 Å². The Balaban J connectivity index is 1.85. The van der Waals surface area contributed by atoms with Crippen LogP contribution in [0.1, 0.15) is 12.5 Å². The summed E-state index contributed by atoms with van der Waals surface area (Å²) in [6.07, 6.45) is 3.27. The van der Waals surface area contributed by atoms with Crippen molar-refractivity contribution in [3.05, 3.63) is 36.4 Å². The van der Waals surface area contributed by atoms with Crippen molar-refractivity contribution in [1.29, 1.82) is 5.26 Å². The van der Waals surface area contributed by atoms with Crippen LogP contribution >= 0.6 is 0 Å². The highest BCUT2D eigenvalue weighted by atomic mass is 15.3. The molecule has 0 spiro atoms. The second-order valence-corrected chi connectivity index (χ2v) is 5.10. The quantitative estimate of drug-likeness (QED) is 0.848. The van der Waals surface area contributed by atoms with Crippen LogP contribution in [0.4, 0.5) is 5.69 Å². The van der Waals surface area contributed by atoms with Gasteiger partial charge >= 0.3 is 0 Å². The predicted octanol–water partition coefficient (Wildman–Crippen LogP) is 1.28. The molecule has 1 aliphatic heterocycles. The van der Waals surface area contributed by atoms with Gasteiger partial charge in [-0.3, -0.25) is 4.57 Å². The molecule has 1 aromatic carbocycles. The summed E-state index contributed by atoms with van der Waals surface area (Å²) in [6, 6.07) is 8.23. The molecule has 0 unspecified atom stereocenters. The van der Waals surface area contributed by atoms with Crippen LogP contribution in [0, 0.1) is 11.3 Å². The summed E-state index contributed by atoms with van der Waals surface area (Å²) >= 11 is 0. The van der Waals surface area contributed by atoms with Crippen molar-refractivity contribution in [3.8, 4) is 11.8 Å². The van der Waals surface area contributed by atoms with Gasteiger partial charge in [-0.2, -0.15) is 5.26 Å². The summed E-state index contributed by atoms with van der Waals surface area (Å²) < 4.78 is 1.81. The van der Waals surface area contributed by atoms with Crippen molar-refractivity contribution in [2.45, 2.75) is 6.92 Å². The molecule has 6 heteroatoms. The third-order valence-electron chi connectivity index (χ3n) is 3.98. The number of rotatable bonds is 3. The average molecular weight is 282 g/mol. The second kappa shape index (κ2) is 5.94. The maximum absolute atomic E-state index is 9.44. The van der Waals surface area contributed by atoms with Crippen molar-refractivity contribution in [1.82, 2.24) is 19.7 Å². The number of aromatic nitrogens is 3. The first-order valence-corrected chi connectivity index (χ1v) is 7.18. The Bertz CT molecular complexity index is 635. The molecule has 0 aliphatic carbocycles. The molecule has 0 amide bonds. The number of anilines is 1. The summed E-state index contributed by atoms with van der Waals surface area (Å²) in [6.45, 7) is 7.31. The van der Waals surface area contributed by atoms with Gasteiger partial charge in [0.05, 0.1) is 11.3 Å². The van der Waals surface area contributed by atoms with Crippen molar-refractivity contribution in [3.63, 3.8) is 0 Å². The van der Waals surface area contributed by atoms with Gasteiger partial charge in [0.25, 0.3) is 0 Å². The predicted molar refractivity (Wildman–Crippen MR) is 80.4 cm³/mol. The van der Waals surface area contributed by atoms with Crippen molar-refractivity contribution in [2.75, 3.05) is 37.6 Å². The van der Waals surface area contributed by atoms with Gasteiger partial charge in [0.2, 0.25) is 0 Å². The van der Waals surface area contributed by atoms with Crippen molar-refractivity contribution in [2.24, 2.45) is 0 Å². The SMILES string of the molecule is CCN1CCN(c2ccc(-n3cnnc3)cc2C#N)CC1. The molecule has 1 aromatic heterocycles. The number of benzene rings is 1. The first kappa shape index (κ1) is 13.6. The first-order valence-electron chi connectivity index (χ1n) is 7.18. The zero-order valence-corrected chi connectivity index (χ0v) is 12.1. The molecule has 1 saturated heterocycles. The van der Waals surface area contributed by atoms with E-state index in [0.717, 1.165) is 44.1 Å². The van der Waals surface area contributed by atoms with Crippen molar-refractivity contribution >= 4 is 5.69 Å². The van der Waals surface area contributed by atoms with Gasteiger partial charge in [-0.05, 0) is 24.7 Å². The van der Waals surface area contributed by atoms with Gasteiger partial charge in [-0.15, -0.1) is 10.2 Å². The molecule has 2 heterocycles. The van der Waals surface area contributed by atoms with E-state index in [1.165, 1.54) is 0 Å². The second-order valence-electron chi connectivity index (χ2n) is 5.10. The van der Waals surface area contributed by atoms with Gasteiger partial charge in [0, 0.05) is 31.9 Å². The van der Waals surface area contributed by atoms with E-state index in [9.17, 15) is 5.26 Å². The fraction of sp³-hybridized carbons (Fsp3) is 0.400. The van der Waals surface area contributed by atoms with E-state index in [4.69, 9.17) is 0 Å². The Morgan fingerprint density at radius 3 is 2.48 bits per heavy atom. The third kappa shape index (κ3) is 2.73. The molecule has 0 radical (unpaired) electrons. The van der Waals surface area contributed by atoms with Crippen LogP contribution in [0.3, 0.4) is 0 Å². The Labute approximate surface area is 124 Å². The number of nitrogens with zero attached hydrogens (tertiary/aromatic N) is 6. The fourth-order valence-corrected chi connectivity index (χ4v) is 2.69. The van der Waals surface area contributed by atoms with E-state index in [1.807, 2.05) is 18.2 Å². The molecule has 1 aliphatic rings. The Hall–Kier alpha value is -2.39. The Morgan fingerprint density at radius 1 is 1.14 bits per heavy atom. The standard InChI is InChI=1S/C15H18N6/c1-2-19-5-7-20(8-6-19)15-4-3-14(9-13(15)10-16)21-11-17-18-12-21/h3-4,9,11-12H,2,5-8H2,1H3. The van der Waals surface area contributed by atoms with E-state index in [2.05, 4.69) is 33.0 Å². The van der Waals surface area contributed by atoms with E-state index in [-0.39, 0.29) is 0 Å². The van der Waals surface area contributed by atoms with Gasteiger partial charge < -0.3 is 9.80 Å². The van der Waals surface area contributed by atoms with Crippen LogP contribution in [0.5, 0.6) is 0 Å².